The first kappa shape index (κ1) is 24.1. The maximum absolute atomic E-state index is 13.8. The number of fused-ring (bicyclic) bond motifs is 7. The molecule has 188 valence electrons. The molecule has 2 aromatic carbocycles. The maximum atomic E-state index is 13.8. The molecule has 1 unspecified atom stereocenters. The minimum atomic E-state index is -0.709. The monoisotopic (exact) mass is 486 g/mol. The molecule has 0 saturated heterocycles. The molecule has 0 radical (unpaired) electrons. The third-order valence-electron chi connectivity index (χ3n) is 7.32. The molecule has 0 bridgehead atoms. The first-order valence-electron chi connectivity index (χ1n) is 13.0. The Morgan fingerprint density at radius 3 is 2.64 bits per heavy atom. The highest BCUT2D eigenvalue weighted by atomic mass is 16.2. The van der Waals surface area contributed by atoms with Gasteiger partial charge in [-0.25, -0.2) is 0 Å². The summed E-state index contributed by atoms with van der Waals surface area (Å²) in [7, 11) is 0. The van der Waals surface area contributed by atoms with Crippen LogP contribution in [0.5, 0.6) is 0 Å². The van der Waals surface area contributed by atoms with E-state index in [0.717, 1.165) is 40.6 Å². The number of carbonyl (C=O) groups excluding carboxylic acids is 3. The van der Waals surface area contributed by atoms with Crippen LogP contribution in [-0.2, 0) is 16.0 Å². The van der Waals surface area contributed by atoms with Crippen LogP contribution in [0, 0.1) is 5.92 Å². The van der Waals surface area contributed by atoms with Crippen LogP contribution in [0.1, 0.15) is 73.3 Å². The molecule has 3 amide bonds. The smallest absolute Gasteiger partial charge is 0.255 e. The summed E-state index contributed by atoms with van der Waals surface area (Å²) in [5.74, 6) is -0.368. The molecule has 36 heavy (non-hydrogen) atoms. The molecule has 3 N–H and O–H groups in total. The van der Waals surface area contributed by atoms with E-state index in [-0.39, 0.29) is 29.7 Å². The van der Waals surface area contributed by atoms with Gasteiger partial charge in [-0.15, -0.1) is 0 Å². The number of unbranched alkanes of at least 4 members (excludes halogenated alkanes) is 1. The number of rotatable bonds is 8. The zero-order valence-electron chi connectivity index (χ0n) is 21.1. The van der Waals surface area contributed by atoms with E-state index >= 15 is 0 Å². The highest BCUT2D eigenvalue weighted by Gasteiger charge is 2.49. The Balaban J connectivity index is 1.50. The molecule has 5 rings (SSSR count). The molecule has 7 nitrogen and oxygen atoms in total. The summed E-state index contributed by atoms with van der Waals surface area (Å²) in [5.41, 5.74) is 4.55. The Morgan fingerprint density at radius 1 is 1.11 bits per heavy atom. The Hall–Kier alpha value is -3.61. The van der Waals surface area contributed by atoms with Gasteiger partial charge in [-0.1, -0.05) is 63.6 Å². The van der Waals surface area contributed by atoms with Crippen LogP contribution in [0.3, 0.4) is 0 Å². The van der Waals surface area contributed by atoms with E-state index in [9.17, 15) is 14.4 Å². The fourth-order valence-corrected chi connectivity index (χ4v) is 5.62. The number of para-hydroxylation sites is 1. The van der Waals surface area contributed by atoms with Crippen LogP contribution in [0.25, 0.3) is 10.9 Å². The predicted octanol–water partition coefficient (Wildman–Crippen LogP) is 4.09. The molecule has 0 spiro atoms. The lowest BCUT2D eigenvalue weighted by Gasteiger charge is -2.37. The fourth-order valence-electron chi connectivity index (χ4n) is 5.62. The first-order chi connectivity index (χ1) is 17.4. The average Bonchev–Trinajstić information content (AvgIpc) is 3.38. The Labute approximate surface area is 211 Å². The first-order valence-corrected chi connectivity index (χ1v) is 13.0. The number of hydrogen-bond donors (Lipinski definition) is 3. The molecule has 0 aliphatic carbocycles. The van der Waals surface area contributed by atoms with E-state index in [2.05, 4.69) is 28.6 Å². The number of amides is 3. The molecule has 3 aromatic rings. The topological polar surface area (TPSA) is 94.3 Å². The van der Waals surface area contributed by atoms with Gasteiger partial charge < -0.3 is 20.5 Å². The lowest BCUT2D eigenvalue weighted by atomic mass is 9.89. The molecule has 7 heteroatoms. The molecule has 1 aromatic heterocycles. The van der Waals surface area contributed by atoms with Gasteiger partial charge in [0.2, 0.25) is 11.8 Å². The van der Waals surface area contributed by atoms with Crippen LogP contribution >= 0.6 is 0 Å². The van der Waals surface area contributed by atoms with Crippen molar-refractivity contribution in [3.63, 3.8) is 0 Å². The average molecular weight is 487 g/mol. The molecule has 0 fully saturated rings. The van der Waals surface area contributed by atoms with Crippen LogP contribution < -0.4 is 10.6 Å². The minimum absolute atomic E-state index is 0.145. The van der Waals surface area contributed by atoms with Crippen molar-refractivity contribution in [2.45, 2.75) is 64.6 Å². The zero-order valence-corrected chi connectivity index (χ0v) is 21.1. The van der Waals surface area contributed by atoms with Crippen molar-refractivity contribution in [3.05, 3.63) is 70.9 Å². The summed E-state index contributed by atoms with van der Waals surface area (Å²) < 4.78 is 0. The van der Waals surface area contributed by atoms with E-state index in [1.54, 1.807) is 4.90 Å². The van der Waals surface area contributed by atoms with Gasteiger partial charge in [-0.05, 0) is 42.0 Å². The van der Waals surface area contributed by atoms with Crippen molar-refractivity contribution in [1.29, 1.82) is 0 Å². The third kappa shape index (κ3) is 4.16. The Kier molecular flexibility index (Phi) is 6.56. The van der Waals surface area contributed by atoms with Gasteiger partial charge in [0.25, 0.3) is 5.91 Å². The van der Waals surface area contributed by atoms with Crippen molar-refractivity contribution >= 4 is 28.6 Å². The second-order valence-electron chi connectivity index (χ2n) is 10.3. The van der Waals surface area contributed by atoms with Crippen molar-refractivity contribution < 1.29 is 14.4 Å². The largest absolute Gasteiger partial charge is 0.356 e. The number of benzene rings is 2. The number of H-pyrrole nitrogens is 1. The van der Waals surface area contributed by atoms with E-state index < -0.39 is 12.1 Å². The molecular formula is C29H34N4O3. The summed E-state index contributed by atoms with van der Waals surface area (Å²) in [6.07, 6.45) is 2.80. The standard InChI is InChI=1S/C29H34N4O3/c1-4-5-14-30-27(34)23(15-17(2)3)32-28(35)24-16-21-18-10-8-9-13-22(18)31-25(21)26-19-11-6-7-12-20(19)29(36)33(24)26/h6-13,17,23-24,26,31H,4-5,14-16H2,1-3H3,(H,30,34)(H,32,35)/t23-,24-,26?/m0/s1. The number of hydrogen-bond acceptors (Lipinski definition) is 3. The quantitative estimate of drug-likeness (QED) is 0.419. The van der Waals surface area contributed by atoms with Crippen molar-refractivity contribution in [2.75, 3.05) is 6.54 Å². The molecule has 3 atom stereocenters. The lowest BCUT2D eigenvalue weighted by Crippen LogP contribution is -2.56. The van der Waals surface area contributed by atoms with Gasteiger partial charge in [0, 0.05) is 35.1 Å². The van der Waals surface area contributed by atoms with Crippen LogP contribution in [-0.4, -0.2) is 46.2 Å². The van der Waals surface area contributed by atoms with Crippen molar-refractivity contribution in [1.82, 2.24) is 20.5 Å². The summed E-state index contributed by atoms with van der Waals surface area (Å²) in [6.45, 7) is 6.73. The van der Waals surface area contributed by atoms with Crippen LogP contribution in [0.15, 0.2) is 48.5 Å². The van der Waals surface area contributed by atoms with Gasteiger partial charge in [0.05, 0.1) is 6.04 Å². The van der Waals surface area contributed by atoms with E-state index in [1.807, 2.05) is 56.3 Å². The number of carbonyl (C=O) groups is 3. The second kappa shape index (κ2) is 9.80. The summed E-state index contributed by atoms with van der Waals surface area (Å²) in [6, 6.07) is 13.9. The van der Waals surface area contributed by atoms with Gasteiger partial charge >= 0.3 is 0 Å². The lowest BCUT2D eigenvalue weighted by molar-refractivity contribution is -0.132. The molecule has 3 heterocycles. The molecule has 0 saturated carbocycles. The zero-order chi connectivity index (χ0) is 25.4. The van der Waals surface area contributed by atoms with Crippen LogP contribution in [0.2, 0.25) is 0 Å². The highest BCUT2D eigenvalue weighted by molar-refractivity contribution is 6.04. The molecular weight excluding hydrogens is 452 g/mol. The number of aromatic nitrogens is 1. The summed E-state index contributed by atoms with van der Waals surface area (Å²) in [4.78, 5) is 45.6. The van der Waals surface area contributed by atoms with E-state index in [1.165, 1.54) is 0 Å². The van der Waals surface area contributed by atoms with E-state index in [0.29, 0.717) is 24.9 Å². The third-order valence-corrected chi connectivity index (χ3v) is 7.32. The number of nitrogens with zero attached hydrogens (tertiary/aromatic N) is 1. The van der Waals surface area contributed by atoms with Gasteiger partial charge in [-0.3, -0.25) is 14.4 Å². The fraction of sp³-hybridized carbons (Fsp3) is 0.414. The Bertz CT molecular complexity index is 1310. The van der Waals surface area contributed by atoms with E-state index in [4.69, 9.17) is 0 Å². The van der Waals surface area contributed by atoms with Crippen molar-refractivity contribution in [2.24, 2.45) is 5.92 Å². The molecule has 2 aliphatic rings. The van der Waals surface area contributed by atoms with Crippen molar-refractivity contribution in [3.8, 4) is 0 Å². The van der Waals surface area contributed by atoms with Gasteiger partial charge in [0.1, 0.15) is 12.1 Å². The predicted molar refractivity (Wildman–Crippen MR) is 140 cm³/mol. The maximum Gasteiger partial charge on any atom is 0.255 e. The summed E-state index contributed by atoms with van der Waals surface area (Å²) >= 11 is 0. The second-order valence-corrected chi connectivity index (χ2v) is 10.3. The summed E-state index contributed by atoms with van der Waals surface area (Å²) in [5, 5.41) is 7.05. The number of nitrogens with one attached hydrogen (secondary N) is 3. The Morgan fingerprint density at radius 2 is 1.86 bits per heavy atom. The normalized spacial score (nSPS) is 19.1. The molecule has 2 aliphatic heterocycles. The highest BCUT2D eigenvalue weighted by Crippen LogP contribution is 2.46. The SMILES string of the molecule is CCCCNC(=O)[C@H](CC(C)C)NC(=O)[C@@H]1Cc2c([nH]c3ccccc23)C2c3ccccc3C(=O)N21. The van der Waals surface area contributed by atoms with Crippen LogP contribution in [0.4, 0.5) is 0 Å². The minimum Gasteiger partial charge on any atom is -0.356 e. The number of aromatic amines is 1. The van der Waals surface area contributed by atoms with Gasteiger partial charge in [-0.2, -0.15) is 0 Å². The van der Waals surface area contributed by atoms with Gasteiger partial charge in [0.15, 0.2) is 0 Å².